The Hall–Kier alpha value is -4.55. The Morgan fingerprint density at radius 3 is 2.34 bits per heavy atom. The van der Waals surface area contributed by atoms with Crippen molar-refractivity contribution in [1.29, 1.82) is 0 Å². The highest BCUT2D eigenvalue weighted by Gasteiger charge is 2.31. The number of rotatable bonds is 9. The molecule has 12 heteroatoms. The van der Waals surface area contributed by atoms with Crippen LogP contribution in [-0.2, 0) is 28.4 Å². The van der Waals surface area contributed by atoms with Gasteiger partial charge in [0.25, 0.3) is 10.0 Å². The van der Waals surface area contributed by atoms with Crippen LogP contribution in [0.25, 0.3) is 33.2 Å². The Labute approximate surface area is 275 Å². The van der Waals surface area contributed by atoms with Crippen LogP contribution in [0.2, 0.25) is 0 Å². The number of hydrogen-bond donors (Lipinski definition) is 1. The van der Waals surface area contributed by atoms with E-state index in [4.69, 9.17) is 14.2 Å². The minimum Gasteiger partial charge on any atom is -0.493 e. The van der Waals surface area contributed by atoms with Gasteiger partial charge in [0.15, 0.2) is 17.1 Å². The number of nitrogens with one attached hydrogen (secondary N) is 1. The molecule has 1 saturated heterocycles. The first-order valence-electron chi connectivity index (χ1n) is 15.5. The Kier molecular flexibility index (Phi) is 8.43. The molecular weight excluding hydrogens is 618 g/mol. The second kappa shape index (κ2) is 12.2. The van der Waals surface area contributed by atoms with Crippen molar-refractivity contribution in [3.05, 3.63) is 72.1 Å². The van der Waals surface area contributed by atoms with Gasteiger partial charge in [0.05, 0.1) is 30.3 Å². The average Bonchev–Trinajstić information content (AvgIpc) is 3.55. The molecule has 0 radical (unpaired) electrons. The zero-order valence-corrected chi connectivity index (χ0v) is 28.6. The number of aromatic nitrogens is 3. The van der Waals surface area contributed by atoms with Crippen LogP contribution in [0.4, 0.5) is 4.79 Å². The van der Waals surface area contributed by atoms with E-state index < -0.39 is 21.7 Å². The Morgan fingerprint density at radius 1 is 1.00 bits per heavy atom. The summed E-state index contributed by atoms with van der Waals surface area (Å²) in [5, 5.41) is 4.44. The summed E-state index contributed by atoms with van der Waals surface area (Å²) in [4.78, 5) is 19.2. The van der Waals surface area contributed by atoms with Crippen LogP contribution < -0.4 is 14.8 Å². The molecule has 0 atom stereocenters. The lowest BCUT2D eigenvalue weighted by molar-refractivity contribution is 0.0457. The fourth-order valence-corrected chi connectivity index (χ4v) is 7.62. The van der Waals surface area contributed by atoms with Crippen LogP contribution in [0.1, 0.15) is 31.9 Å². The third-order valence-electron chi connectivity index (χ3n) is 8.44. The van der Waals surface area contributed by atoms with Gasteiger partial charge in [-0.1, -0.05) is 17.7 Å². The van der Waals surface area contributed by atoms with E-state index in [2.05, 4.69) is 15.2 Å². The second-order valence-electron chi connectivity index (χ2n) is 13.1. The molecule has 0 saturated carbocycles. The van der Waals surface area contributed by atoms with Gasteiger partial charge in [-0.3, -0.25) is 4.90 Å². The number of carbonyl (C=O) groups is 1. The van der Waals surface area contributed by atoms with Gasteiger partial charge in [-0.05, 0) is 63.6 Å². The molecule has 1 aliphatic heterocycles. The highest BCUT2D eigenvalue weighted by atomic mass is 32.2. The van der Waals surface area contributed by atoms with E-state index in [9.17, 15) is 13.2 Å². The maximum Gasteiger partial charge on any atom is 0.407 e. The van der Waals surface area contributed by atoms with E-state index in [1.807, 2.05) is 69.8 Å². The van der Waals surface area contributed by atoms with E-state index in [-0.39, 0.29) is 4.90 Å². The van der Waals surface area contributed by atoms with E-state index in [1.165, 1.54) is 3.97 Å². The summed E-state index contributed by atoms with van der Waals surface area (Å²) in [5.41, 5.74) is 3.83. The van der Waals surface area contributed by atoms with Crippen molar-refractivity contribution in [2.45, 2.75) is 44.7 Å². The van der Waals surface area contributed by atoms with E-state index in [1.54, 1.807) is 44.7 Å². The van der Waals surface area contributed by atoms with Gasteiger partial charge in [-0.25, -0.2) is 22.2 Å². The topological polar surface area (TPSA) is 117 Å². The maximum atomic E-state index is 14.5. The van der Waals surface area contributed by atoms with Gasteiger partial charge in [0.1, 0.15) is 5.60 Å². The maximum absolute atomic E-state index is 14.5. The van der Waals surface area contributed by atoms with Crippen molar-refractivity contribution in [2.75, 3.05) is 33.9 Å². The second-order valence-corrected chi connectivity index (χ2v) is 14.9. The lowest BCUT2D eigenvalue weighted by Gasteiger charge is -2.39. The van der Waals surface area contributed by atoms with Crippen LogP contribution in [0.3, 0.4) is 0 Å². The smallest absolute Gasteiger partial charge is 0.407 e. The van der Waals surface area contributed by atoms with Crippen LogP contribution in [0, 0.1) is 12.8 Å². The number of aryl methyl sites for hydroxylation is 2. The number of carbonyl (C=O) groups excluding carboxylic acids is 1. The van der Waals surface area contributed by atoms with E-state index in [0.717, 1.165) is 46.1 Å². The van der Waals surface area contributed by atoms with Crippen LogP contribution >= 0.6 is 0 Å². The first-order chi connectivity index (χ1) is 22.3. The normalized spacial score (nSPS) is 14.4. The number of fused-ring (bicyclic) bond motifs is 2. The molecule has 1 fully saturated rings. The quantitative estimate of drug-likeness (QED) is 0.214. The number of alkyl carbamates (subject to hydrolysis) is 1. The molecule has 0 aliphatic carbocycles. The number of likely N-dealkylation sites (tertiary alicyclic amines) is 1. The van der Waals surface area contributed by atoms with Gasteiger partial charge in [0.2, 0.25) is 0 Å². The van der Waals surface area contributed by atoms with Crippen molar-refractivity contribution in [1.82, 2.24) is 23.7 Å². The fraction of sp³-hybridized carbons (Fsp3) is 0.371. The molecule has 0 unspecified atom stereocenters. The van der Waals surface area contributed by atoms with Gasteiger partial charge in [-0.15, -0.1) is 0 Å². The molecule has 0 bridgehead atoms. The van der Waals surface area contributed by atoms with Crippen molar-refractivity contribution in [3.63, 3.8) is 0 Å². The number of benzene rings is 2. The Morgan fingerprint density at radius 2 is 1.68 bits per heavy atom. The minimum absolute atomic E-state index is 0.177. The molecular formula is C35H41N5O6S. The number of hydrogen-bond acceptors (Lipinski definition) is 8. The summed E-state index contributed by atoms with van der Waals surface area (Å²) >= 11 is 0. The number of nitrogens with zero attached hydrogens (tertiary/aromatic N) is 4. The predicted octanol–water partition coefficient (Wildman–Crippen LogP) is 5.71. The standard InChI is InChI=1S/C35H41N5O6S/c1-22-8-10-25(11-9-22)47(42,43)40-30(28-21-38(5)29-16-32(45-7)31(44-6)15-27(28)29)14-26-24(12-13-36-33(26)40)20-39-18-23(19-39)17-37-34(41)46-35(2,3)4/h8-16,21,23H,17-20H2,1-7H3,(H,37,41). The van der Waals surface area contributed by atoms with E-state index >= 15 is 0 Å². The first kappa shape index (κ1) is 32.4. The molecule has 5 aromatic rings. The van der Waals surface area contributed by atoms with Gasteiger partial charge in [0, 0.05) is 73.9 Å². The van der Waals surface area contributed by atoms with Gasteiger partial charge >= 0.3 is 6.09 Å². The van der Waals surface area contributed by atoms with Crippen molar-refractivity contribution < 1.29 is 27.4 Å². The fourth-order valence-electron chi connectivity index (χ4n) is 6.14. The molecule has 248 valence electrons. The molecule has 1 aliphatic rings. The number of ether oxygens (including phenoxy) is 3. The number of pyridine rings is 1. The average molecular weight is 660 g/mol. The minimum atomic E-state index is -4.06. The molecule has 2 aromatic carbocycles. The molecule has 4 heterocycles. The summed E-state index contributed by atoms with van der Waals surface area (Å²) in [7, 11) is 1.03. The summed E-state index contributed by atoms with van der Waals surface area (Å²) in [6.45, 7) is 10.2. The van der Waals surface area contributed by atoms with Crippen molar-refractivity contribution >= 4 is 38.1 Å². The highest BCUT2D eigenvalue weighted by Crippen LogP contribution is 2.41. The monoisotopic (exact) mass is 659 g/mol. The molecule has 11 nitrogen and oxygen atoms in total. The molecule has 3 aromatic heterocycles. The number of amides is 1. The summed E-state index contributed by atoms with van der Waals surface area (Å²) in [6, 6.07) is 14.5. The molecule has 6 rings (SSSR count). The zero-order chi connectivity index (χ0) is 33.7. The SMILES string of the molecule is COc1cc2c(-c3cc4c(CN5CC(CNC(=O)OC(C)(C)C)C5)ccnc4n3S(=O)(=O)c3ccc(C)cc3)cn(C)c2cc1OC. The molecule has 1 amide bonds. The highest BCUT2D eigenvalue weighted by molar-refractivity contribution is 7.90. The summed E-state index contributed by atoms with van der Waals surface area (Å²) < 4.78 is 48.8. The van der Waals surface area contributed by atoms with Crippen LogP contribution in [0.5, 0.6) is 11.5 Å². The number of methoxy groups -OCH3 is 2. The van der Waals surface area contributed by atoms with Crippen molar-refractivity contribution in [2.24, 2.45) is 13.0 Å². The first-order valence-corrected chi connectivity index (χ1v) is 16.9. The van der Waals surface area contributed by atoms with Crippen molar-refractivity contribution in [3.8, 4) is 22.8 Å². The van der Waals surface area contributed by atoms with Crippen LogP contribution in [0.15, 0.2) is 65.8 Å². The van der Waals surface area contributed by atoms with Crippen LogP contribution in [-0.4, -0.2) is 72.4 Å². The Balaban J connectivity index is 1.40. The molecule has 47 heavy (non-hydrogen) atoms. The largest absolute Gasteiger partial charge is 0.493 e. The predicted molar refractivity (Wildman–Crippen MR) is 182 cm³/mol. The molecule has 1 N–H and O–H groups in total. The van der Waals surface area contributed by atoms with Gasteiger partial charge in [-0.2, -0.15) is 0 Å². The lowest BCUT2D eigenvalue weighted by atomic mass is 9.99. The van der Waals surface area contributed by atoms with Gasteiger partial charge < -0.3 is 24.1 Å². The Bertz CT molecular complexity index is 2070. The third kappa shape index (κ3) is 6.27. The molecule has 0 spiro atoms. The third-order valence-corrected chi connectivity index (χ3v) is 10.2. The summed E-state index contributed by atoms with van der Waals surface area (Å²) in [5.74, 6) is 1.42. The zero-order valence-electron chi connectivity index (χ0n) is 27.8. The lowest BCUT2D eigenvalue weighted by Crippen LogP contribution is -2.51. The summed E-state index contributed by atoms with van der Waals surface area (Å²) in [6.07, 6.45) is 3.18. The van der Waals surface area contributed by atoms with E-state index in [0.29, 0.717) is 41.8 Å².